The van der Waals surface area contributed by atoms with E-state index in [2.05, 4.69) is 12.2 Å². The van der Waals surface area contributed by atoms with Crippen LogP contribution in [0.25, 0.3) is 0 Å². The van der Waals surface area contributed by atoms with Crippen LogP contribution in [0, 0.1) is 42.4 Å². The van der Waals surface area contributed by atoms with Crippen LogP contribution in [0.4, 0.5) is 5.69 Å². The average molecular weight is 441 g/mol. The van der Waals surface area contributed by atoms with Crippen molar-refractivity contribution in [2.45, 2.75) is 13.3 Å². The summed E-state index contributed by atoms with van der Waals surface area (Å²) in [7, 11) is 0. The van der Waals surface area contributed by atoms with Gasteiger partial charge in [-0.1, -0.05) is 48.0 Å². The van der Waals surface area contributed by atoms with E-state index < -0.39 is 5.97 Å². The van der Waals surface area contributed by atoms with E-state index in [1.165, 1.54) is 11.0 Å². The van der Waals surface area contributed by atoms with E-state index in [1.807, 2.05) is 19.1 Å². The standard InChI is InChI=1S/C27H23NO5/c1-14-5-7-15(8-6-14)22(29)13-33-27(32)16-3-2-4-17(11-16)28-25(30)23-18-9-10-19(21-12-20(18)21)24(23)26(28)31/h2-11,18-21,23-24H,12-13H2,1H3/t18-,19+,20-,21-,23+,24-/m1/s1. The van der Waals surface area contributed by atoms with E-state index >= 15 is 0 Å². The fourth-order valence-electron chi connectivity index (χ4n) is 6.02. The molecule has 4 aliphatic carbocycles. The minimum atomic E-state index is -0.670. The van der Waals surface area contributed by atoms with Crippen molar-refractivity contribution in [3.63, 3.8) is 0 Å². The molecule has 0 radical (unpaired) electrons. The van der Waals surface area contributed by atoms with Gasteiger partial charge in [0.1, 0.15) is 0 Å². The Hall–Kier alpha value is -3.54. The van der Waals surface area contributed by atoms with Gasteiger partial charge in [0.05, 0.1) is 23.1 Å². The van der Waals surface area contributed by atoms with Crippen LogP contribution >= 0.6 is 0 Å². The lowest BCUT2D eigenvalue weighted by atomic mass is 9.63. The van der Waals surface area contributed by atoms with Gasteiger partial charge in [0, 0.05) is 5.56 Å². The number of allylic oxidation sites excluding steroid dienone is 2. The minimum absolute atomic E-state index is 0.146. The Balaban J connectivity index is 1.18. The van der Waals surface area contributed by atoms with Crippen LogP contribution in [0.5, 0.6) is 0 Å². The lowest BCUT2D eigenvalue weighted by Gasteiger charge is -2.37. The predicted octanol–water partition coefficient (Wildman–Crippen LogP) is 3.59. The third kappa shape index (κ3) is 3.08. The van der Waals surface area contributed by atoms with Gasteiger partial charge in [-0.3, -0.25) is 14.4 Å². The Morgan fingerprint density at radius 1 is 0.909 bits per heavy atom. The molecule has 1 aliphatic heterocycles. The van der Waals surface area contributed by atoms with Crippen LogP contribution in [0.15, 0.2) is 60.7 Å². The molecule has 2 bridgehead atoms. The summed E-state index contributed by atoms with van der Waals surface area (Å²) in [6.07, 6.45) is 5.37. The number of imide groups is 1. The lowest BCUT2D eigenvalue weighted by Crippen LogP contribution is -2.40. The van der Waals surface area contributed by atoms with Crippen LogP contribution in [0.1, 0.15) is 32.7 Å². The highest BCUT2D eigenvalue weighted by atomic mass is 16.5. The second-order valence-electron chi connectivity index (χ2n) is 9.58. The second-order valence-corrected chi connectivity index (χ2v) is 9.58. The molecule has 6 nitrogen and oxygen atoms in total. The third-order valence-electron chi connectivity index (χ3n) is 7.71. The molecule has 6 heteroatoms. The van der Waals surface area contributed by atoms with Gasteiger partial charge in [-0.05, 0) is 55.2 Å². The first-order valence-corrected chi connectivity index (χ1v) is 11.4. The Labute approximate surface area is 191 Å². The van der Waals surface area contributed by atoms with E-state index in [4.69, 9.17) is 4.74 Å². The number of ketones is 1. The second kappa shape index (κ2) is 7.24. The summed E-state index contributed by atoms with van der Waals surface area (Å²) in [5.74, 6) is -0.537. The number of aryl methyl sites for hydroxylation is 1. The first-order chi connectivity index (χ1) is 15.9. The fraction of sp³-hybridized carbons (Fsp3) is 0.333. The highest BCUT2D eigenvalue weighted by molar-refractivity contribution is 6.23. The molecule has 2 aromatic carbocycles. The van der Waals surface area contributed by atoms with Gasteiger partial charge in [-0.2, -0.15) is 0 Å². The first-order valence-electron chi connectivity index (χ1n) is 11.4. The molecule has 166 valence electrons. The zero-order valence-electron chi connectivity index (χ0n) is 18.1. The number of esters is 1. The fourth-order valence-corrected chi connectivity index (χ4v) is 6.02. The summed E-state index contributed by atoms with van der Waals surface area (Å²) >= 11 is 0. The van der Waals surface area contributed by atoms with Crippen LogP contribution in [0.2, 0.25) is 0 Å². The van der Waals surface area contributed by atoms with Crippen LogP contribution in [-0.2, 0) is 14.3 Å². The molecule has 3 fully saturated rings. The number of hydrogen-bond donors (Lipinski definition) is 0. The maximum absolute atomic E-state index is 13.3. The van der Waals surface area contributed by atoms with Gasteiger partial charge >= 0.3 is 5.97 Å². The molecule has 1 saturated heterocycles. The first kappa shape index (κ1) is 20.1. The topological polar surface area (TPSA) is 80.8 Å². The zero-order valence-corrected chi connectivity index (χ0v) is 18.1. The van der Waals surface area contributed by atoms with Crippen LogP contribution in [-0.4, -0.2) is 30.2 Å². The van der Waals surface area contributed by atoms with Crippen molar-refractivity contribution >= 4 is 29.3 Å². The van der Waals surface area contributed by atoms with E-state index in [-0.39, 0.29) is 53.4 Å². The number of carbonyl (C=O) groups excluding carboxylic acids is 4. The Kier molecular flexibility index (Phi) is 4.41. The smallest absolute Gasteiger partial charge is 0.338 e. The molecule has 6 atom stereocenters. The Morgan fingerprint density at radius 3 is 2.18 bits per heavy atom. The van der Waals surface area contributed by atoms with Crippen molar-refractivity contribution in [2.75, 3.05) is 11.5 Å². The van der Waals surface area contributed by atoms with Crippen molar-refractivity contribution in [3.8, 4) is 0 Å². The molecule has 33 heavy (non-hydrogen) atoms. The molecule has 2 saturated carbocycles. The highest BCUT2D eigenvalue weighted by Gasteiger charge is 2.67. The summed E-state index contributed by atoms with van der Waals surface area (Å²) in [4.78, 5) is 52.8. The summed E-state index contributed by atoms with van der Waals surface area (Å²) in [6.45, 7) is 1.55. The summed E-state index contributed by atoms with van der Waals surface area (Å²) < 4.78 is 5.22. The molecule has 1 heterocycles. The molecule has 5 aliphatic rings. The van der Waals surface area contributed by atoms with Gasteiger partial charge in [-0.25, -0.2) is 9.69 Å². The molecule has 2 amide bonds. The Morgan fingerprint density at radius 2 is 1.55 bits per heavy atom. The quantitative estimate of drug-likeness (QED) is 0.307. The van der Waals surface area contributed by atoms with Gasteiger partial charge in [0.25, 0.3) is 0 Å². The van der Waals surface area contributed by atoms with Crippen molar-refractivity contribution in [3.05, 3.63) is 77.4 Å². The molecule has 2 aromatic rings. The van der Waals surface area contributed by atoms with Gasteiger partial charge in [0.15, 0.2) is 12.4 Å². The van der Waals surface area contributed by atoms with Crippen molar-refractivity contribution in [1.82, 2.24) is 0 Å². The largest absolute Gasteiger partial charge is 0.454 e. The van der Waals surface area contributed by atoms with Crippen molar-refractivity contribution in [2.24, 2.45) is 35.5 Å². The maximum atomic E-state index is 13.3. The molecule has 0 aromatic heterocycles. The molecule has 0 spiro atoms. The predicted molar refractivity (Wildman–Crippen MR) is 119 cm³/mol. The van der Waals surface area contributed by atoms with E-state index in [9.17, 15) is 19.2 Å². The SMILES string of the molecule is Cc1ccc(C(=O)COC(=O)c2cccc(N3C(=O)[C@@H]4[C@H]5C=C[C@H]([C@H]6C[C@H]56)[C@@H]4C3=O)c2)cc1. The zero-order chi connectivity index (χ0) is 22.9. The number of Topliss-reactive ketones (excluding diaryl/α,β-unsaturated/α-hetero) is 1. The maximum Gasteiger partial charge on any atom is 0.338 e. The van der Waals surface area contributed by atoms with E-state index in [0.717, 1.165) is 12.0 Å². The molecular formula is C27H23NO5. The summed E-state index contributed by atoms with van der Waals surface area (Å²) in [5, 5.41) is 0. The average Bonchev–Trinajstić information content (AvgIpc) is 3.61. The molecule has 7 rings (SSSR count). The normalized spacial score (nSPS) is 30.8. The minimum Gasteiger partial charge on any atom is -0.454 e. The third-order valence-corrected chi connectivity index (χ3v) is 7.71. The number of nitrogens with zero attached hydrogens (tertiary/aromatic N) is 1. The van der Waals surface area contributed by atoms with Crippen molar-refractivity contribution < 1.29 is 23.9 Å². The number of benzene rings is 2. The monoisotopic (exact) mass is 441 g/mol. The van der Waals surface area contributed by atoms with Gasteiger partial charge in [-0.15, -0.1) is 0 Å². The van der Waals surface area contributed by atoms with Crippen LogP contribution < -0.4 is 4.90 Å². The molecule has 0 unspecified atom stereocenters. The molecule has 0 N–H and O–H groups in total. The number of amides is 2. The van der Waals surface area contributed by atoms with Gasteiger partial charge in [0.2, 0.25) is 11.8 Å². The van der Waals surface area contributed by atoms with Crippen LogP contribution in [0.3, 0.4) is 0 Å². The number of anilines is 1. The highest BCUT2D eigenvalue weighted by Crippen LogP contribution is 2.65. The van der Waals surface area contributed by atoms with Crippen molar-refractivity contribution in [1.29, 1.82) is 0 Å². The summed E-state index contributed by atoms with van der Waals surface area (Å²) in [6, 6.07) is 13.4. The molecular weight excluding hydrogens is 418 g/mol. The van der Waals surface area contributed by atoms with E-state index in [1.54, 1.807) is 30.3 Å². The lowest BCUT2D eigenvalue weighted by molar-refractivity contribution is -0.124. The number of rotatable bonds is 5. The summed E-state index contributed by atoms with van der Waals surface area (Å²) in [5.41, 5.74) is 2.08. The number of carbonyl (C=O) groups is 4. The number of ether oxygens (including phenoxy) is 1. The Bertz CT molecular complexity index is 1190. The number of hydrogen-bond acceptors (Lipinski definition) is 5. The van der Waals surface area contributed by atoms with E-state index in [0.29, 0.717) is 23.1 Å². The van der Waals surface area contributed by atoms with Gasteiger partial charge < -0.3 is 4.74 Å².